The predicted octanol–water partition coefficient (Wildman–Crippen LogP) is 4.03. The van der Waals surface area contributed by atoms with Crippen LogP contribution in [0.3, 0.4) is 0 Å². The third kappa shape index (κ3) is 4.67. The second kappa shape index (κ2) is 8.71. The molecule has 27 heavy (non-hydrogen) atoms. The van der Waals surface area contributed by atoms with Crippen LogP contribution < -0.4 is 10.1 Å². The summed E-state index contributed by atoms with van der Waals surface area (Å²) in [6.45, 7) is 5.45. The van der Waals surface area contributed by atoms with Crippen molar-refractivity contribution >= 4 is 17.5 Å². The highest BCUT2D eigenvalue weighted by Gasteiger charge is 2.24. The molecule has 1 saturated heterocycles. The van der Waals surface area contributed by atoms with Crippen molar-refractivity contribution in [3.63, 3.8) is 0 Å². The highest BCUT2D eigenvalue weighted by atomic mass is 16.5. The maximum Gasteiger partial charge on any atom is 0.265 e. The zero-order valence-electron chi connectivity index (χ0n) is 15.9. The lowest BCUT2D eigenvalue weighted by Crippen LogP contribution is -2.34. The number of carbonyl (C=O) groups is 2. The molecule has 0 saturated carbocycles. The van der Waals surface area contributed by atoms with Crippen molar-refractivity contribution in [3.05, 3.63) is 59.7 Å². The average molecular weight is 366 g/mol. The van der Waals surface area contributed by atoms with Gasteiger partial charge < -0.3 is 15.0 Å². The average Bonchev–Trinajstić information content (AvgIpc) is 3.22. The fourth-order valence-corrected chi connectivity index (χ4v) is 3.19. The molecule has 5 heteroatoms. The number of amides is 2. The fraction of sp³-hybridized carbons (Fsp3) is 0.364. The minimum Gasteiger partial charge on any atom is -0.481 e. The zero-order valence-corrected chi connectivity index (χ0v) is 15.9. The van der Waals surface area contributed by atoms with Gasteiger partial charge in [0.2, 0.25) is 0 Å². The summed E-state index contributed by atoms with van der Waals surface area (Å²) < 4.78 is 5.85. The van der Waals surface area contributed by atoms with E-state index >= 15 is 0 Å². The Kier molecular flexibility index (Phi) is 6.12. The van der Waals surface area contributed by atoms with Crippen molar-refractivity contribution < 1.29 is 14.3 Å². The molecule has 1 aliphatic heterocycles. The van der Waals surface area contributed by atoms with E-state index in [1.807, 2.05) is 55.1 Å². The Morgan fingerprint density at radius 1 is 1.07 bits per heavy atom. The minimum absolute atomic E-state index is 0.0316. The van der Waals surface area contributed by atoms with E-state index in [0.29, 0.717) is 23.4 Å². The number of nitrogens with one attached hydrogen (secondary N) is 1. The third-order valence-electron chi connectivity index (χ3n) is 4.77. The molecular formula is C22H26N2O3. The lowest BCUT2D eigenvalue weighted by Gasteiger charge is -2.20. The molecule has 2 aromatic carbocycles. The minimum atomic E-state index is -0.623. The van der Waals surface area contributed by atoms with Crippen LogP contribution in [-0.4, -0.2) is 35.9 Å². The van der Waals surface area contributed by atoms with Gasteiger partial charge in [0.15, 0.2) is 6.10 Å². The Balaban J connectivity index is 1.72. The number of ether oxygens (including phenoxy) is 1. The van der Waals surface area contributed by atoms with Gasteiger partial charge in [-0.2, -0.15) is 0 Å². The van der Waals surface area contributed by atoms with Crippen LogP contribution >= 0.6 is 0 Å². The molecule has 1 fully saturated rings. The van der Waals surface area contributed by atoms with E-state index in [2.05, 4.69) is 5.32 Å². The Labute approximate surface area is 160 Å². The summed E-state index contributed by atoms with van der Waals surface area (Å²) in [5, 5.41) is 2.89. The van der Waals surface area contributed by atoms with Gasteiger partial charge in [0, 0.05) is 13.1 Å². The maximum absolute atomic E-state index is 12.8. The first-order chi connectivity index (χ1) is 13.1. The van der Waals surface area contributed by atoms with Crippen LogP contribution in [0.5, 0.6) is 5.75 Å². The quantitative estimate of drug-likeness (QED) is 0.840. The highest BCUT2D eigenvalue weighted by molar-refractivity contribution is 6.04. The molecule has 1 aliphatic rings. The van der Waals surface area contributed by atoms with Crippen LogP contribution in [0.25, 0.3) is 0 Å². The van der Waals surface area contributed by atoms with Crippen molar-refractivity contribution in [1.82, 2.24) is 4.90 Å². The lowest BCUT2D eigenvalue weighted by molar-refractivity contribution is -0.122. The molecule has 0 aliphatic carbocycles. The van der Waals surface area contributed by atoms with Gasteiger partial charge in [-0.05, 0) is 50.5 Å². The Bertz CT molecular complexity index is 795. The van der Waals surface area contributed by atoms with E-state index in [1.165, 1.54) is 0 Å². The Morgan fingerprint density at radius 2 is 1.74 bits per heavy atom. The summed E-state index contributed by atoms with van der Waals surface area (Å²) >= 11 is 0. The molecule has 142 valence electrons. The van der Waals surface area contributed by atoms with E-state index in [4.69, 9.17) is 4.74 Å². The summed E-state index contributed by atoms with van der Waals surface area (Å²) in [4.78, 5) is 27.3. The molecule has 1 N–H and O–H groups in total. The Hall–Kier alpha value is -2.82. The van der Waals surface area contributed by atoms with Crippen molar-refractivity contribution in [3.8, 4) is 5.75 Å². The van der Waals surface area contributed by atoms with Gasteiger partial charge in [-0.15, -0.1) is 0 Å². The van der Waals surface area contributed by atoms with Crippen LogP contribution in [0.1, 0.15) is 42.1 Å². The van der Waals surface area contributed by atoms with E-state index in [-0.39, 0.29) is 11.8 Å². The van der Waals surface area contributed by atoms with Crippen molar-refractivity contribution in [1.29, 1.82) is 0 Å². The molecule has 2 amide bonds. The SMILES string of the molecule is CC[C@@H](Oc1ccc(C)cc1)C(=O)Nc1ccccc1C(=O)N1CCCC1. The van der Waals surface area contributed by atoms with E-state index < -0.39 is 6.10 Å². The molecule has 0 unspecified atom stereocenters. The van der Waals surface area contributed by atoms with Gasteiger partial charge in [-0.1, -0.05) is 36.8 Å². The topological polar surface area (TPSA) is 58.6 Å². The number of nitrogens with zero attached hydrogens (tertiary/aromatic N) is 1. The molecule has 0 aromatic heterocycles. The number of anilines is 1. The molecule has 0 radical (unpaired) electrons. The third-order valence-corrected chi connectivity index (χ3v) is 4.77. The van der Waals surface area contributed by atoms with Gasteiger partial charge >= 0.3 is 0 Å². The van der Waals surface area contributed by atoms with Crippen LogP contribution in [0, 0.1) is 6.92 Å². The maximum atomic E-state index is 12.8. The number of aryl methyl sites for hydroxylation is 1. The Morgan fingerprint density at radius 3 is 2.41 bits per heavy atom. The van der Waals surface area contributed by atoms with Gasteiger partial charge in [-0.3, -0.25) is 9.59 Å². The molecule has 2 aromatic rings. The number of rotatable bonds is 6. The van der Waals surface area contributed by atoms with Crippen LogP contribution in [0.2, 0.25) is 0 Å². The van der Waals surface area contributed by atoms with Gasteiger partial charge in [-0.25, -0.2) is 0 Å². The fourth-order valence-electron chi connectivity index (χ4n) is 3.19. The predicted molar refractivity (Wildman–Crippen MR) is 106 cm³/mol. The van der Waals surface area contributed by atoms with Gasteiger partial charge in [0.1, 0.15) is 5.75 Å². The molecule has 1 atom stereocenters. The summed E-state index contributed by atoms with van der Waals surface area (Å²) in [7, 11) is 0. The largest absolute Gasteiger partial charge is 0.481 e. The molecule has 0 bridgehead atoms. The lowest BCUT2D eigenvalue weighted by atomic mass is 10.1. The first-order valence-corrected chi connectivity index (χ1v) is 9.51. The number of hydrogen-bond donors (Lipinski definition) is 1. The summed E-state index contributed by atoms with van der Waals surface area (Å²) in [5.74, 6) is 0.375. The smallest absolute Gasteiger partial charge is 0.265 e. The van der Waals surface area contributed by atoms with Gasteiger partial charge in [0.05, 0.1) is 11.3 Å². The number of para-hydroxylation sites is 1. The number of benzene rings is 2. The monoisotopic (exact) mass is 366 g/mol. The molecule has 1 heterocycles. The molecule has 3 rings (SSSR count). The first kappa shape index (κ1) is 19.0. The van der Waals surface area contributed by atoms with E-state index in [1.54, 1.807) is 12.1 Å². The molecule has 5 nitrogen and oxygen atoms in total. The normalized spacial score (nSPS) is 14.7. The van der Waals surface area contributed by atoms with Gasteiger partial charge in [0.25, 0.3) is 11.8 Å². The second-order valence-electron chi connectivity index (χ2n) is 6.86. The number of hydrogen-bond acceptors (Lipinski definition) is 3. The zero-order chi connectivity index (χ0) is 19.2. The summed E-state index contributed by atoms with van der Waals surface area (Å²) in [5.41, 5.74) is 2.19. The highest BCUT2D eigenvalue weighted by Crippen LogP contribution is 2.21. The van der Waals surface area contributed by atoms with E-state index in [0.717, 1.165) is 31.5 Å². The van der Waals surface area contributed by atoms with Crippen molar-refractivity contribution in [2.45, 2.75) is 39.2 Å². The van der Waals surface area contributed by atoms with Crippen LogP contribution in [-0.2, 0) is 4.79 Å². The standard InChI is InChI=1S/C22H26N2O3/c1-3-20(27-17-12-10-16(2)11-13-17)21(25)23-19-9-5-4-8-18(19)22(26)24-14-6-7-15-24/h4-5,8-13,20H,3,6-7,14-15H2,1-2H3,(H,23,25)/t20-/m1/s1. The van der Waals surface area contributed by atoms with Crippen LogP contribution in [0.4, 0.5) is 5.69 Å². The van der Waals surface area contributed by atoms with Crippen molar-refractivity contribution in [2.75, 3.05) is 18.4 Å². The van der Waals surface area contributed by atoms with Crippen LogP contribution in [0.15, 0.2) is 48.5 Å². The molecular weight excluding hydrogens is 340 g/mol. The van der Waals surface area contributed by atoms with Crippen molar-refractivity contribution in [2.24, 2.45) is 0 Å². The summed E-state index contributed by atoms with van der Waals surface area (Å²) in [6.07, 6.45) is 1.97. The molecule has 0 spiro atoms. The number of carbonyl (C=O) groups excluding carboxylic acids is 2. The second-order valence-corrected chi connectivity index (χ2v) is 6.86. The van der Waals surface area contributed by atoms with E-state index in [9.17, 15) is 9.59 Å². The number of likely N-dealkylation sites (tertiary alicyclic amines) is 1. The summed E-state index contributed by atoms with van der Waals surface area (Å²) in [6, 6.07) is 14.8. The first-order valence-electron chi connectivity index (χ1n) is 9.51.